The van der Waals surface area contributed by atoms with Gasteiger partial charge in [-0.2, -0.15) is 0 Å². The molecule has 0 bridgehead atoms. The molecule has 0 fully saturated rings. The number of unbranched alkanes of at least 4 members (excludes halogenated alkanes) is 3. The third-order valence-electron chi connectivity index (χ3n) is 3.03. The summed E-state index contributed by atoms with van der Waals surface area (Å²) in [5, 5.41) is 0. The van der Waals surface area contributed by atoms with E-state index in [0.29, 0.717) is 0 Å². The van der Waals surface area contributed by atoms with Crippen LogP contribution < -0.4 is 0 Å². The molecule has 0 saturated carbocycles. The van der Waals surface area contributed by atoms with Crippen molar-refractivity contribution in [2.24, 2.45) is 0 Å². The Morgan fingerprint density at radius 3 is 2.50 bits per heavy atom. The Balaban J connectivity index is 2.41. The molecule has 0 N–H and O–H groups in total. The van der Waals surface area contributed by atoms with E-state index in [1.54, 1.807) is 0 Å². The van der Waals surface area contributed by atoms with Gasteiger partial charge < -0.3 is 0 Å². The van der Waals surface area contributed by atoms with Gasteiger partial charge in [0, 0.05) is 17.6 Å². The fraction of sp³-hybridized carbons (Fsp3) is 0.500. The first-order chi connectivity index (χ1) is 8.76. The van der Waals surface area contributed by atoms with Crippen LogP contribution in [-0.2, 0) is 6.54 Å². The van der Waals surface area contributed by atoms with Gasteiger partial charge in [-0.3, -0.25) is 4.90 Å². The summed E-state index contributed by atoms with van der Waals surface area (Å²) in [5.41, 5.74) is 1.37. The molecule has 0 amide bonds. The highest BCUT2D eigenvalue weighted by Crippen LogP contribution is 2.13. The molecular formula is C16H24BrN. The molecule has 0 aliphatic rings. The van der Waals surface area contributed by atoms with Gasteiger partial charge >= 0.3 is 0 Å². The molecule has 0 radical (unpaired) electrons. The lowest BCUT2D eigenvalue weighted by molar-refractivity contribution is 0.286. The Hall–Kier alpha value is -0.600. The Bertz CT molecular complexity index is 331. The summed E-state index contributed by atoms with van der Waals surface area (Å²) in [4.78, 5) is 2.46. The minimum atomic E-state index is 0.974. The monoisotopic (exact) mass is 309 g/mol. The maximum Gasteiger partial charge on any atom is 0.0237 e. The second-order valence-electron chi connectivity index (χ2n) is 4.71. The van der Waals surface area contributed by atoms with Gasteiger partial charge in [-0.25, -0.2) is 0 Å². The van der Waals surface area contributed by atoms with Crippen molar-refractivity contribution in [1.29, 1.82) is 0 Å². The normalized spacial score (nSPS) is 10.8. The van der Waals surface area contributed by atoms with Crippen molar-refractivity contribution in [1.82, 2.24) is 4.90 Å². The van der Waals surface area contributed by atoms with Gasteiger partial charge in [-0.05, 0) is 30.7 Å². The van der Waals surface area contributed by atoms with E-state index < -0.39 is 0 Å². The van der Waals surface area contributed by atoms with Crippen LogP contribution in [0.5, 0.6) is 0 Å². The smallest absolute Gasteiger partial charge is 0.0237 e. The van der Waals surface area contributed by atoms with Crippen LogP contribution in [-0.4, -0.2) is 18.0 Å². The third kappa shape index (κ3) is 6.36. The van der Waals surface area contributed by atoms with Crippen molar-refractivity contribution >= 4 is 15.9 Å². The van der Waals surface area contributed by atoms with E-state index in [0.717, 1.165) is 17.6 Å². The highest BCUT2D eigenvalue weighted by atomic mass is 79.9. The number of benzene rings is 1. The van der Waals surface area contributed by atoms with Crippen molar-refractivity contribution in [3.8, 4) is 0 Å². The van der Waals surface area contributed by atoms with Gasteiger partial charge in [0.15, 0.2) is 0 Å². The average molecular weight is 310 g/mol. The Labute approximate surface area is 120 Å². The SMILES string of the molecule is C=CCN(CCCCCC)Cc1ccc(Br)cc1. The Morgan fingerprint density at radius 1 is 1.17 bits per heavy atom. The number of nitrogens with zero attached hydrogens (tertiary/aromatic N) is 1. The predicted octanol–water partition coefficient (Wildman–Crippen LogP) is 5.02. The van der Waals surface area contributed by atoms with E-state index in [1.165, 1.54) is 37.8 Å². The lowest BCUT2D eigenvalue weighted by Crippen LogP contribution is -2.24. The summed E-state index contributed by atoms with van der Waals surface area (Å²) >= 11 is 3.47. The average Bonchev–Trinajstić information content (AvgIpc) is 2.37. The maximum atomic E-state index is 3.85. The molecule has 1 nitrogen and oxygen atoms in total. The molecule has 0 atom stereocenters. The zero-order chi connectivity index (χ0) is 13.2. The van der Waals surface area contributed by atoms with E-state index in [4.69, 9.17) is 0 Å². The summed E-state index contributed by atoms with van der Waals surface area (Å²) in [6, 6.07) is 8.59. The zero-order valence-corrected chi connectivity index (χ0v) is 13.0. The van der Waals surface area contributed by atoms with Crippen LogP contribution in [0.2, 0.25) is 0 Å². The maximum absolute atomic E-state index is 3.85. The van der Waals surface area contributed by atoms with E-state index in [1.807, 2.05) is 6.08 Å². The molecule has 0 saturated heterocycles. The molecule has 1 aromatic rings. The first kappa shape index (κ1) is 15.5. The van der Waals surface area contributed by atoms with E-state index >= 15 is 0 Å². The lowest BCUT2D eigenvalue weighted by Gasteiger charge is -2.20. The quantitative estimate of drug-likeness (QED) is 0.457. The molecule has 0 aliphatic heterocycles. The molecule has 0 unspecified atom stereocenters. The first-order valence-corrected chi connectivity index (χ1v) is 7.63. The van der Waals surface area contributed by atoms with Crippen molar-refractivity contribution < 1.29 is 0 Å². The molecule has 100 valence electrons. The molecule has 18 heavy (non-hydrogen) atoms. The van der Waals surface area contributed by atoms with Crippen LogP contribution in [0.1, 0.15) is 38.2 Å². The summed E-state index contributed by atoms with van der Waals surface area (Å²) < 4.78 is 1.14. The second-order valence-corrected chi connectivity index (χ2v) is 5.63. The summed E-state index contributed by atoms with van der Waals surface area (Å²) in [6.07, 6.45) is 7.27. The first-order valence-electron chi connectivity index (χ1n) is 6.84. The molecule has 2 heteroatoms. The fourth-order valence-electron chi connectivity index (χ4n) is 2.03. The van der Waals surface area contributed by atoms with Crippen LogP contribution >= 0.6 is 15.9 Å². The summed E-state index contributed by atoms with van der Waals surface area (Å²) in [7, 11) is 0. The minimum absolute atomic E-state index is 0.974. The van der Waals surface area contributed by atoms with Crippen molar-refractivity contribution in [3.05, 3.63) is 47.0 Å². The molecule has 1 aromatic carbocycles. The second kappa shape index (κ2) is 9.35. The topological polar surface area (TPSA) is 3.24 Å². The van der Waals surface area contributed by atoms with Gasteiger partial charge in [0.1, 0.15) is 0 Å². The minimum Gasteiger partial charge on any atom is -0.295 e. The van der Waals surface area contributed by atoms with Crippen LogP contribution in [0.15, 0.2) is 41.4 Å². The van der Waals surface area contributed by atoms with Crippen LogP contribution in [0.4, 0.5) is 0 Å². The number of hydrogen-bond donors (Lipinski definition) is 0. The third-order valence-corrected chi connectivity index (χ3v) is 3.56. The fourth-order valence-corrected chi connectivity index (χ4v) is 2.29. The molecule has 0 spiro atoms. The van der Waals surface area contributed by atoms with Crippen molar-refractivity contribution in [2.45, 2.75) is 39.2 Å². The number of hydrogen-bond acceptors (Lipinski definition) is 1. The molecular weight excluding hydrogens is 286 g/mol. The lowest BCUT2D eigenvalue weighted by atomic mass is 10.1. The van der Waals surface area contributed by atoms with Gasteiger partial charge in [-0.15, -0.1) is 6.58 Å². The highest BCUT2D eigenvalue weighted by Gasteiger charge is 2.04. The summed E-state index contributed by atoms with van der Waals surface area (Å²) in [5.74, 6) is 0. The van der Waals surface area contributed by atoms with Gasteiger partial charge in [0.25, 0.3) is 0 Å². The van der Waals surface area contributed by atoms with E-state index in [2.05, 4.69) is 58.6 Å². The van der Waals surface area contributed by atoms with Crippen LogP contribution in [0.25, 0.3) is 0 Å². The Kier molecular flexibility index (Phi) is 8.03. The van der Waals surface area contributed by atoms with Gasteiger partial charge in [0.05, 0.1) is 0 Å². The van der Waals surface area contributed by atoms with Crippen molar-refractivity contribution in [3.63, 3.8) is 0 Å². The number of halogens is 1. The largest absolute Gasteiger partial charge is 0.295 e. The summed E-state index contributed by atoms with van der Waals surface area (Å²) in [6.45, 7) is 9.27. The molecule has 0 aromatic heterocycles. The highest BCUT2D eigenvalue weighted by molar-refractivity contribution is 9.10. The standard InChI is InChI=1S/C16H24BrN/c1-3-5-6-7-13-18(12-4-2)14-15-8-10-16(17)11-9-15/h4,8-11H,2-3,5-7,12-14H2,1H3. The predicted molar refractivity (Wildman–Crippen MR) is 83.8 cm³/mol. The molecule has 0 aliphatic carbocycles. The van der Waals surface area contributed by atoms with Crippen LogP contribution in [0.3, 0.4) is 0 Å². The zero-order valence-electron chi connectivity index (χ0n) is 11.4. The van der Waals surface area contributed by atoms with Gasteiger partial charge in [-0.1, -0.05) is 60.3 Å². The van der Waals surface area contributed by atoms with Gasteiger partial charge in [0.2, 0.25) is 0 Å². The Morgan fingerprint density at radius 2 is 1.89 bits per heavy atom. The molecule has 1 rings (SSSR count). The molecule has 0 heterocycles. The van der Waals surface area contributed by atoms with E-state index in [-0.39, 0.29) is 0 Å². The number of rotatable bonds is 9. The van der Waals surface area contributed by atoms with E-state index in [9.17, 15) is 0 Å². The van der Waals surface area contributed by atoms with Crippen LogP contribution in [0, 0.1) is 0 Å². The van der Waals surface area contributed by atoms with Crippen molar-refractivity contribution in [2.75, 3.05) is 13.1 Å².